The molecule has 0 aromatic heterocycles. The zero-order chi connectivity index (χ0) is 24.6. The third kappa shape index (κ3) is 4.25. The number of phenols is 3. The van der Waals surface area contributed by atoms with Crippen LogP contribution in [0.15, 0.2) is 66.7 Å². The van der Waals surface area contributed by atoms with E-state index in [1.165, 1.54) is 0 Å². The maximum Gasteiger partial charge on any atom is 0.169 e. The fourth-order valence-electron chi connectivity index (χ4n) is 4.05. The fraction of sp³-hybridized carbons (Fsp3) is 0.172. The molecular weight excluding hydrogens is 426 g/mol. The largest absolute Gasteiger partial charge is 0.507 e. The normalized spacial score (nSPS) is 10.9. The summed E-state index contributed by atoms with van der Waals surface area (Å²) in [6, 6.07) is 20.4. The number of hydrogen-bond acceptors (Lipinski definition) is 5. The van der Waals surface area contributed by atoms with Crippen LogP contribution in [0.3, 0.4) is 0 Å². The van der Waals surface area contributed by atoms with E-state index in [0.717, 1.165) is 44.9 Å². The first-order chi connectivity index (χ1) is 16.2. The summed E-state index contributed by atoms with van der Waals surface area (Å²) in [4.78, 5) is 2.01. The Balaban J connectivity index is 1.80. The highest BCUT2D eigenvalue weighted by molar-refractivity contribution is 5.82. The summed E-state index contributed by atoms with van der Waals surface area (Å²) in [5.74, 6) is 1.53. The van der Waals surface area contributed by atoms with Gasteiger partial charge in [0, 0.05) is 16.8 Å². The molecule has 4 aromatic carbocycles. The van der Waals surface area contributed by atoms with Crippen LogP contribution in [0.25, 0.3) is 0 Å². The van der Waals surface area contributed by atoms with E-state index in [1.54, 1.807) is 12.1 Å². The van der Waals surface area contributed by atoms with Gasteiger partial charge in [-0.15, -0.1) is 0 Å². The van der Waals surface area contributed by atoms with Crippen molar-refractivity contribution in [1.82, 2.24) is 0 Å². The topological polar surface area (TPSA) is 73.2 Å². The van der Waals surface area contributed by atoms with Crippen molar-refractivity contribution in [3.8, 4) is 28.7 Å². The second-order valence-corrected chi connectivity index (χ2v) is 8.65. The van der Waals surface area contributed by atoms with Gasteiger partial charge in [-0.3, -0.25) is 0 Å². The molecule has 174 valence electrons. The molecule has 0 heterocycles. The van der Waals surface area contributed by atoms with Crippen molar-refractivity contribution in [1.29, 1.82) is 0 Å². The molecule has 5 heteroatoms. The molecule has 0 saturated heterocycles. The Morgan fingerprint density at radius 1 is 0.618 bits per heavy atom. The Hall–Kier alpha value is -4.12. The summed E-state index contributed by atoms with van der Waals surface area (Å²) in [6.07, 6.45) is 0. The Morgan fingerprint density at radius 3 is 1.65 bits per heavy atom. The summed E-state index contributed by atoms with van der Waals surface area (Å²) in [7, 11) is 0. The van der Waals surface area contributed by atoms with Gasteiger partial charge in [0.05, 0.1) is 11.4 Å². The first kappa shape index (κ1) is 23.1. The molecule has 0 saturated carbocycles. The molecule has 0 amide bonds. The summed E-state index contributed by atoms with van der Waals surface area (Å²) in [5, 5.41) is 31.4. The zero-order valence-corrected chi connectivity index (χ0v) is 20.0. The highest BCUT2D eigenvalue weighted by Gasteiger charge is 2.21. The van der Waals surface area contributed by atoms with E-state index in [-0.39, 0.29) is 17.2 Å². The molecule has 0 unspecified atom stereocenters. The predicted molar refractivity (Wildman–Crippen MR) is 136 cm³/mol. The molecule has 4 aromatic rings. The molecule has 3 N–H and O–H groups in total. The van der Waals surface area contributed by atoms with Crippen molar-refractivity contribution >= 4 is 17.1 Å². The van der Waals surface area contributed by atoms with Crippen molar-refractivity contribution in [2.24, 2.45) is 0 Å². The Morgan fingerprint density at radius 2 is 1.15 bits per heavy atom. The number of benzene rings is 4. The molecule has 0 aliphatic carbocycles. The quantitative estimate of drug-likeness (QED) is 0.289. The van der Waals surface area contributed by atoms with Crippen LogP contribution >= 0.6 is 0 Å². The van der Waals surface area contributed by atoms with E-state index < -0.39 is 0 Å². The smallest absolute Gasteiger partial charge is 0.169 e. The van der Waals surface area contributed by atoms with E-state index in [2.05, 4.69) is 0 Å². The standard InChI is InChI=1S/C29H29NO4/c1-17-6-15-27(26(31)16-17)34-23-11-9-22(10-12-23)30(24-13-7-18(2)28(32)20(24)4)25-14-8-19(3)29(33)21(25)5/h6-16,31-33H,1-5H3. The molecule has 0 fully saturated rings. The molecule has 4 rings (SSSR count). The molecule has 0 spiro atoms. The monoisotopic (exact) mass is 455 g/mol. The van der Waals surface area contributed by atoms with Crippen LogP contribution in [0.5, 0.6) is 28.7 Å². The molecule has 0 bridgehead atoms. The zero-order valence-electron chi connectivity index (χ0n) is 20.0. The molecule has 34 heavy (non-hydrogen) atoms. The summed E-state index contributed by atoms with van der Waals surface area (Å²) in [6.45, 7) is 9.40. The number of anilines is 3. The summed E-state index contributed by atoms with van der Waals surface area (Å²) in [5.41, 5.74) is 6.47. The van der Waals surface area contributed by atoms with Crippen molar-refractivity contribution in [3.63, 3.8) is 0 Å². The maximum atomic E-state index is 10.6. The second-order valence-electron chi connectivity index (χ2n) is 8.65. The molecule has 0 aliphatic rings. The SMILES string of the molecule is Cc1ccc(Oc2ccc(N(c3ccc(C)c(O)c3C)c3ccc(C)c(O)c3C)cc2)c(O)c1. The van der Waals surface area contributed by atoms with E-state index >= 15 is 0 Å². The first-order valence-electron chi connectivity index (χ1n) is 11.1. The van der Waals surface area contributed by atoms with Gasteiger partial charge >= 0.3 is 0 Å². The Labute approximate surface area is 200 Å². The van der Waals surface area contributed by atoms with Crippen LogP contribution in [0.2, 0.25) is 0 Å². The lowest BCUT2D eigenvalue weighted by Crippen LogP contribution is -2.13. The summed E-state index contributed by atoms with van der Waals surface area (Å²) < 4.78 is 5.88. The Kier molecular flexibility index (Phi) is 6.12. The molecule has 0 atom stereocenters. The van der Waals surface area contributed by atoms with Gasteiger partial charge in [0.15, 0.2) is 11.5 Å². The minimum absolute atomic E-state index is 0.0854. The van der Waals surface area contributed by atoms with Crippen molar-refractivity contribution in [3.05, 3.63) is 94.5 Å². The van der Waals surface area contributed by atoms with Gasteiger partial charge < -0.3 is 25.0 Å². The number of rotatable bonds is 5. The van der Waals surface area contributed by atoms with E-state index in [9.17, 15) is 15.3 Å². The average molecular weight is 456 g/mol. The van der Waals surface area contributed by atoms with Crippen molar-refractivity contribution in [2.45, 2.75) is 34.6 Å². The number of aromatic hydroxyl groups is 3. The average Bonchev–Trinajstić information content (AvgIpc) is 2.81. The third-order valence-electron chi connectivity index (χ3n) is 6.13. The lowest BCUT2D eigenvalue weighted by molar-refractivity contribution is 0.411. The van der Waals surface area contributed by atoms with Crippen LogP contribution < -0.4 is 9.64 Å². The van der Waals surface area contributed by atoms with Crippen LogP contribution in [0, 0.1) is 34.6 Å². The summed E-state index contributed by atoms with van der Waals surface area (Å²) >= 11 is 0. The number of phenolic OH excluding ortho intramolecular Hbond substituents is 3. The first-order valence-corrected chi connectivity index (χ1v) is 11.1. The van der Waals surface area contributed by atoms with Crippen molar-refractivity contribution in [2.75, 3.05) is 4.90 Å². The fourth-order valence-corrected chi connectivity index (χ4v) is 4.05. The number of nitrogens with zero attached hydrogens (tertiary/aromatic N) is 1. The Bertz CT molecular complexity index is 1300. The minimum Gasteiger partial charge on any atom is -0.507 e. The van der Waals surface area contributed by atoms with Crippen LogP contribution in [-0.4, -0.2) is 15.3 Å². The lowest BCUT2D eigenvalue weighted by atomic mass is 10.0. The third-order valence-corrected chi connectivity index (χ3v) is 6.13. The van der Waals surface area contributed by atoms with Crippen LogP contribution in [0.4, 0.5) is 17.1 Å². The molecular formula is C29H29NO4. The highest BCUT2D eigenvalue weighted by atomic mass is 16.5. The number of ether oxygens (including phenoxy) is 1. The number of hydrogen-bond donors (Lipinski definition) is 3. The van der Waals surface area contributed by atoms with Gasteiger partial charge in [-0.2, -0.15) is 0 Å². The van der Waals surface area contributed by atoms with E-state index in [4.69, 9.17) is 4.74 Å². The van der Waals surface area contributed by atoms with Gasteiger partial charge in [-0.25, -0.2) is 0 Å². The molecule has 0 aliphatic heterocycles. The van der Waals surface area contributed by atoms with Crippen LogP contribution in [-0.2, 0) is 0 Å². The minimum atomic E-state index is 0.0854. The van der Waals surface area contributed by atoms with Gasteiger partial charge in [-0.05, 0) is 99.8 Å². The van der Waals surface area contributed by atoms with E-state index in [1.807, 2.05) is 94.1 Å². The van der Waals surface area contributed by atoms with Crippen molar-refractivity contribution < 1.29 is 20.1 Å². The van der Waals surface area contributed by atoms with Crippen LogP contribution in [0.1, 0.15) is 27.8 Å². The highest BCUT2D eigenvalue weighted by Crippen LogP contribution is 2.44. The molecule has 5 nitrogen and oxygen atoms in total. The molecule has 0 radical (unpaired) electrons. The lowest BCUT2D eigenvalue weighted by Gasteiger charge is -2.29. The van der Waals surface area contributed by atoms with E-state index in [0.29, 0.717) is 11.5 Å². The van der Waals surface area contributed by atoms with Gasteiger partial charge in [0.2, 0.25) is 0 Å². The van der Waals surface area contributed by atoms with Gasteiger partial charge in [0.1, 0.15) is 17.2 Å². The second kappa shape index (κ2) is 9.02. The number of aryl methyl sites for hydroxylation is 3. The van der Waals surface area contributed by atoms with Gasteiger partial charge in [0.25, 0.3) is 0 Å². The van der Waals surface area contributed by atoms with Gasteiger partial charge in [-0.1, -0.05) is 18.2 Å². The maximum absolute atomic E-state index is 10.6. The predicted octanol–water partition coefficient (Wildman–Crippen LogP) is 7.61.